The molecule has 0 saturated heterocycles. The van der Waals surface area contributed by atoms with Crippen LogP contribution in [0.1, 0.15) is 23.8 Å². The zero-order valence-corrected chi connectivity index (χ0v) is 15.1. The highest BCUT2D eigenvalue weighted by Gasteiger charge is 2.25. The van der Waals surface area contributed by atoms with E-state index in [-0.39, 0.29) is 25.3 Å². The fourth-order valence-electron chi connectivity index (χ4n) is 3.38. The molecule has 0 fully saturated rings. The third-order valence-corrected chi connectivity index (χ3v) is 5.80. The molecule has 26 heavy (non-hydrogen) atoms. The van der Waals surface area contributed by atoms with Crippen molar-refractivity contribution in [3.05, 3.63) is 38.4 Å². The molecule has 1 aliphatic carbocycles. The van der Waals surface area contributed by atoms with E-state index in [9.17, 15) is 14.4 Å². The van der Waals surface area contributed by atoms with E-state index >= 15 is 0 Å². The number of fused-ring (bicyclic) bond motifs is 3. The third-order valence-electron chi connectivity index (χ3n) is 4.60. The molecule has 0 bridgehead atoms. The van der Waals surface area contributed by atoms with Crippen molar-refractivity contribution < 1.29 is 14.3 Å². The fraction of sp³-hybridized carbons (Fsp3) is 0.412. The van der Waals surface area contributed by atoms with Crippen molar-refractivity contribution in [2.75, 3.05) is 13.2 Å². The quantitative estimate of drug-likeness (QED) is 0.780. The first kappa shape index (κ1) is 16.8. The number of allylic oxidation sites excluding steroid dienone is 1. The van der Waals surface area contributed by atoms with Crippen LogP contribution in [-0.2, 0) is 28.9 Å². The van der Waals surface area contributed by atoms with Gasteiger partial charge in [-0.05, 0) is 31.7 Å². The number of carbonyl (C=O) groups is 2. The van der Waals surface area contributed by atoms with Crippen molar-refractivity contribution in [1.29, 1.82) is 0 Å². The first-order valence-electron chi connectivity index (χ1n) is 8.52. The molecule has 9 heteroatoms. The topological polar surface area (TPSA) is 102 Å². The van der Waals surface area contributed by atoms with E-state index in [4.69, 9.17) is 4.74 Å². The normalized spacial score (nSPS) is 16.4. The smallest absolute Gasteiger partial charge is 0.337 e. The van der Waals surface area contributed by atoms with Gasteiger partial charge in [-0.15, -0.1) is 11.3 Å². The van der Waals surface area contributed by atoms with Crippen LogP contribution < -0.4 is 16.2 Å². The number of nitrogens with zero attached hydrogens (tertiary/aromatic N) is 2. The van der Waals surface area contributed by atoms with Gasteiger partial charge in [-0.1, -0.05) is 0 Å². The third kappa shape index (κ3) is 2.78. The van der Waals surface area contributed by atoms with Gasteiger partial charge in [-0.2, -0.15) is 0 Å². The van der Waals surface area contributed by atoms with Gasteiger partial charge in [0.2, 0.25) is 0 Å². The van der Waals surface area contributed by atoms with Gasteiger partial charge >= 0.3 is 12.0 Å². The zero-order valence-electron chi connectivity index (χ0n) is 14.3. The van der Waals surface area contributed by atoms with Gasteiger partial charge in [0.25, 0.3) is 5.56 Å². The van der Waals surface area contributed by atoms with Crippen LogP contribution in [0.3, 0.4) is 0 Å². The van der Waals surface area contributed by atoms with Crippen LogP contribution in [-0.4, -0.2) is 34.7 Å². The molecule has 0 radical (unpaired) electrons. The molecule has 0 saturated carbocycles. The summed E-state index contributed by atoms with van der Waals surface area (Å²) in [6, 6.07) is -0.411. The lowest BCUT2D eigenvalue weighted by Crippen LogP contribution is -2.45. The second kappa shape index (κ2) is 6.56. The number of esters is 1. The van der Waals surface area contributed by atoms with Crippen molar-refractivity contribution >= 4 is 33.6 Å². The minimum absolute atomic E-state index is 0.0635. The molecular formula is C17H18N4O4S. The molecule has 1 aliphatic heterocycles. The van der Waals surface area contributed by atoms with E-state index < -0.39 is 12.0 Å². The van der Waals surface area contributed by atoms with Crippen molar-refractivity contribution in [3.63, 3.8) is 0 Å². The summed E-state index contributed by atoms with van der Waals surface area (Å²) in [6.45, 7) is 2.08. The van der Waals surface area contributed by atoms with Gasteiger partial charge in [0, 0.05) is 4.88 Å². The van der Waals surface area contributed by atoms with Crippen LogP contribution in [0.25, 0.3) is 10.2 Å². The van der Waals surface area contributed by atoms with Gasteiger partial charge < -0.3 is 15.4 Å². The van der Waals surface area contributed by atoms with E-state index in [2.05, 4.69) is 15.6 Å². The molecule has 8 nitrogen and oxygen atoms in total. The molecular weight excluding hydrogens is 356 g/mol. The number of thiophene rings is 1. The number of urea groups is 1. The molecule has 2 aromatic rings. The minimum atomic E-state index is -0.506. The Balaban J connectivity index is 1.75. The summed E-state index contributed by atoms with van der Waals surface area (Å²) < 4.78 is 6.48. The number of ether oxygens (including phenoxy) is 1. The second-order valence-electron chi connectivity index (χ2n) is 6.20. The van der Waals surface area contributed by atoms with Crippen LogP contribution in [0.15, 0.2) is 22.4 Å². The molecule has 2 aromatic heterocycles. The van der Waals surface area contributed by atoms with Gasteiger partial charge in [-0.25, -0.2) is 14.6 Å². The largest absolute Gasteiger partial charge is 0.463 e. The first-order valence-corrected chi connectivity index (χ1v) is 9.33. The summed E-state index contributed by atoms with van der Waals surface area (Å²) in [4.78, 5) is 43.2. The Morgan fingerprint density at radius 1 is 1.38 bits per heavy atom. The van der Waals surface area contributed by atoms with Crippen LogP contribution in [0.4, 0.5) is 4.79 Å². The van der Waals surface area contributed by atoms with Crippen LogP contribution in [0, 0.1) is 0 Å². The lowest BCUT2D eigenvalue weighted by atomic mass is 10.1. The van der Waals surface area contributed by atoms with E-state index in [1.165, 1.54) is 15.8 Å². The standard InChI is InChI=1S/C17H18N4O4S/c1-2-25-16(23)10-6-18-17(24)20-11(10)7-21-8-19-14-13(15(21)22)9-4-3-5-12(9)26-14/h8H,2-7H2,1H3,(H2,18,20,24). The lowest BCUT2D eigenvalue weighted by Gasteiger charge is -2.21. The van der Waals surface area contributed by atoms with Gasteiger partial charge in [0.1, 0.15) is 4.83 Å². The fourth-order valence-corrected chi connectivity index (χ4v) is 4.60. The summed E-state index contributed by atoms with van der Waals surface area (Å²) in [5.74, 6) is -0.506. The van der Waals surface area contributed by atoms with E-state index in [1.807, 2.05) is 0 Å². The number of rotatable bonds is 4. The Hall–Kier alpha value is -2.68. The number of hydrogen-bond acceptors (Lipinski definition) is 6. The number of aromatic nitrogens is 2. The van der Waals surface area contributed by atoms with Crippen molar-refractivity contribution in [2.24, 2.45) is 0 Å². The highest BCUT2D eigenvalue weighted by molar-refractivity contribution is 7.18. The van der Waals surface area contributed by atoms with Crippen LogP contribution in [0.2, 0.25) is 0 Å². The second-order valence-corrected chi connectivity index (χ2v) is 7.28. The minimum Gasteiger partial charge on any atom is -0.463 e. The summed E-state index contributed by atoms with van der Waals surface area (Å²) in [5, 5.41) is 5.84. The maximum Gasteiger partial charge on any atom is 0.337 e. The van der Waals surface area contributed by atoms with Crippen LogP contribution in [0.5, 0.6) is 0 Å². The number of nitrogens with one attached hydrogen (secondary N) is 2. The predicted octanol–water partition coefficient (Wildman–Crippen LogP) is 1.08. The van der Waals surface area contributed by atoms with Gasteiger partial charge in [-0.3, -0.25) is 9.36 Å². The molecule has 2 aliphatic rings. The summed E-state index contributed by atoms with van der Waals surface area (Å²) in [6.07, 6.45) is 4.43. The lowest BCUT2D eigenvalue weighted by molar-refractivity contribution is -0.138. The van der Waals surface area contributed by atoms with Gasteiger partial charge in [0.15, 0.2) is 0 Å². The first-order chi connectivity index (χ1) is 12.6. The van der Waals surface area contributed by atoms with E-state index in [1.54, 1.807) is 18.3 Å². The summed E-state index contributed by atoms with van der Waals surface area (Å²) in [7, 11) is 0. The maximum atomic E-state index is 13.0. The summed E-state index contributed by atoms with van der Waals surface area (Å²) in [5.41, 5.74) is 1.64. The Labute approximate surface area is 152 Å². The van der Waals surface area contributed by atoms with Crippen molar-refractivity contribution in [3.8, 4) is 0 Å². The monoisotopic (exact) mass is 374 g/mol. The highest BCUT2D eigenvalue weighted by Crippen LogP contribution is 2.34. The number of amides is 2. The SMILES string of the molecule is CCOC(=O)C1=C(Cn2cnc3sc4c(c3c2=O)CCC4)NC(=O)NC1. The maximum absolute atomic E-state index is 13.0. The Morgan fingerprint density at radius 3 is 3.04 bits per heavy atom. The molecule has 0 spiro atoms. The predicted molar refractivity (Wildman–Crippen MR) is 96.1 cm³/mol. The molecule has 136 valence electrons. The molecule has 0 unspecified atom stereocenters. The molecule has 0 atom stereocenters. The zero-order chi connectivity index (χ0) is 18.3. The molecule has 2 amide bonds. The van der Waals surface area contributed by atoms with Crippen molar-refractivity contribution in [1.82, 2.24) is 20.2 Å². The Kier molecular flexibility index (Phi) is 4.23. The van der Waals surface area contributed by atoms with Gasteiger partial charge in [0.05, 0.1) is 42.7 Å². The average molecular weight is 374 g/mol. The average Bonchev–Trinajstić information content (AvgIpc) is 3.18. The molecule has 2 N–H and O–H groups in total. The number of carbonyl (C=O) groups excluding carboxylic acids is 2. The molecule has 0 aromatic carbocycles. The number of hydrogen-bond donors (Lipinski definition) is 2. The van der Waals surface area contributed by atoms with Crippen LogP contribution >= 0.6 is 11.3 Å². The Morgan fingerprint density at radius 2 is 2.23 bits per heavy atom. The Bertz CT molecular complexity index is 1000. The number of aryl methyl sites for hydroxylation is 2. The molecule has 4 rings (SSSR count). The van der Waals surface area contributed by atoms with E-state index in [0.29, 0.717) is 16.7 Å². The molecule has 3 heterocycles. The summed E-state index contributed by atoms with van der Waals surface area (Å²) >= 11 is 1.58. The van der Waals surface area contributed by atoms with E-state index in [0.717, 1.165) is 29.7 Å². The highest BCUT2D eigenvalue weighted by atomic mass is 32.1. The van der Waals surface area contributed by atoms with Crippen molar-refractivity contribution in [2.45, 2.75) is 32.7 Å².